The fourth-order valence-electron chi connectivity index (χ4n) is 7.62. The van der Waals surface area contributed by atoms with Gasteiger partial charge in [0.15, 0.2) is 0 Å². The molecule has 1 saturated heterocycles. The molecule has 3 aromatic carbocycles. The lowest BCUT2D eigenvalue weighted by atomic mass is 9.85. The number of aliphatic hydroxyl groups excluding tert-OH is 1. The number of aliphatic hydroxyl groups is 1. The summed E-state index contributed by atoms with van der Waals surface area (Å²) >= 11 is 3.76. The van der Waals surface area contributed by atoms with Crippen molar-refractivity contribution in [2.45, 2.75) is 86.1 Å². The molecule has 4 atom stereocenters. The molecular weight excluding hydrogens is 965 g/mol. The van der Waals surface area contributed by atoms with Gasteiger partial charge >= 0.3 is 0 Å². The van der Waals surface area contributed by atoms with E-state index in [1.165, 1.54) is 17.3 Å². The minimum Gasteiger partial charge on any atom is -0.506 e. The third kappa shape index (κ3) is 13.2. The van der Waals surface area contributed by atoms with Gasteiger partial charge in [-0.3, -0.25) is 19.1 Å². The number of fused-ring (bicyclic) bond motifs is 1. The second-order valence-electron chi connectivity index (χ2n) is 17.4. The van der Waals surface area contributed by atoms with E-state index in [1.807, 2.05) is 58.9 Å². The number of phenolic OH excluding ortho intramolecular Hbond substituents is 1. The molecule has 6 aromatic rings. The molecule has 3 aromatic heterocycles. The Hall–Kier alpha value is -5.46. The van der Waals surface area contributed by atoms with Crippen molar-refractivity contribution >= 4 is 78.6 Å². The summed E-state index contributed by atoms with van der Waals surface area (Å²) in [5, 5.41) is 35.0. The number of thiophene rings is 1. The number of nitrogens with one attached hydrogen (secondary N) is 3. The van der Waals surface area contributed by atoms with Crippen LogP contribution in [0.25, 0.3) is 21.2 Å². The SMILES string of the molecule is Cc1ncsc1-c1ccc([C@H](C)NC(=O)[C@@H]2C[C@@H](O)CN2C(=O)[C@@H](NC(=O)COCCOCCOCCn2cnc(Sc3cc(NS(=O)(=O)c4cccs4)c4ccccc4c3O)n2)C(C)(C)C)cc1. The molecule has 18 nitrogen and oxygen atoms in total. The number of anilines is 1. The molecule has 1 fully saturated rings. The van der Waals surface area contributed by atoms with Crippen LogP contribution >= 0.6 is 34.4 Å². The van der Waals surface area contributed by atoms with E-state index in [0.29, 0.717) is 39.7 Å². The van der Waals surface area contributed by atoms with E-state index in [9.17, 15) is 33.0 Å². The highest BCUT2D eigenvalue weighted by molar-refractivity contribution is 7.99. The highest BCUT2D eigenvalue weighted by Gasteiger charge is 2.44. The van der Waals surface area contributed by atoms with E-state index in [-0.39, 0.29) is 67.9 Å². The Bertz CT molecular complexity index is 2810. The van der Waals surface area contributed by atoms with Crippen molar-refractivity contribution in [2.75, 3.05) is 50.9 Å². The van der Waals surface area contributed by atoms with Crippen molar-refractivity contribution in [1.82, 2.24) is 35.3 Å². The van der Waals surface area contributed by atoms with Crippen molar-refractivity contribution in [3.8, 4) is 16.2 Å². The Kier molecular flexibility index (Phi) is 17.1. The number of likely N-dealkylation sites (tertiary alicyclic amines) is 1. The molecule has 5 N–H and O–H groups in total. The Labute approximate surface area is 412 Å². The average Bonchev–Trinajstić information content (AvgIpc) is 4.16. The molecule has 368 valence electrons. The number of aromatic hydroxyl groups is 1. The van der Waals surface area contributed by atoms with Gasteiger partial charge in [-0.1, -0.05) is 75.4 Å². The van der Waals surface area contributed by atoms with Gasteiger partial charge in [-0.05, 0) is 59.7 Å². The van der Waals surface area contributed by atoms with Crippen molar-refractivity contribution < 1.29 is 47.2 Å². The normalized spacial score (nSPS) is 16.1. The summed E-state index contributed by atoms with van der Waals surface area (Å²) < 4.78 is 47.3. The number of benzene rings is 3. The summed E-state index contributed by atoms with van der Waals surface area (Å²) in [6.45, 7) is 10.5. The minimum absolute atomic E-state index is 0.0199. The number of amides is 3. The Morgan fingerprint density at radius 2 is 1.64 bits per heavy atom. The van der Waals surface area contributed by atoms with Crippen molar-refractivity contribution in [3.63, 3.8) is 0 Å². The van der Waals surface area contributed by atoms with Gasteiger partial charge in [0, 0.05) is 23.7 Å². The highest BCUT2D eigenvalue weighted by Crippen LogP contribution is 2.42. The second kappa shape index (κ2) is 23.0. The summed E-state index contributed by atoms with van der Waals surface area (Å²) in [5.41, 5.74) is 4.27. The molecule has 1 aliphatic rings. The number of nitrogens with zero attached hydrogens (tertiary/aromatic N) is 5. The second-order valence-corrected chi connectivity index (χ2v) is 22.1. The topological polar surface area (TPSA) is 236 Å². The molecule has 69 heavy (non-hydrogen) atoms. The molecule has 22 heteroatoms. The smallest absolute Gasteiger partial charge is 0.271 e. The van der Waals surface area contributed by atoms with Crippen molar-refractivity contribution in [1.29, 1.82) is 0 Å². The predicted molar refractivity (Wildman–Crippen MR) is 264 cm³/mol. The van der Waals surface area contributed by atoms with E-state index in [1.54, 1.807) is 63.3 Å². The van der Waals surface area contributed by atoms with Gasteiger partial charge in [0.2, 0.25) is 22.9 Å². The third-order valence-corrected chi connectivity index (χ3v) is 15.8. The molecule has 1 aliphatic heterocycles. The Morgan fingerprint density at radius 1 is 0.928 bits per heavy atom. The first kappa shape index (κ1) is 51.4. The summed E-state index contributed by atoms with van der Waals surface area (Å²) in [5.74, 6) is -1.39. The van der Waals surface area contributed by atoms with Crippen LogP contribution in [0.5, 0.6) is 5.75 Å². The number of rotatable bonds is 22. The zero-order valence-corrected chi connectivity index (χ0v) is 42.1. The van der Waals surface area contributed by atoms with E-state index in [0.717, 1.165) is 44.8 Å². The van der Waals surface area contributed by atoms with E-state index < -0.39 is 45.4 Å². The van der Waals surface area contributed by atoms with Gasteiger partial charge in [-0.2, -0.15) is 0 Å². The van der Waals surface area contributed by atoms with Crippen LogP contribution in [0.3, 0.4) is 0 Å². The van der Waals surface area contributed by atoms with Crippen LogP contribution < -0.4 is 15.4 Å². The third-order valence-electron chi connectivity index (χ3n) is 11.2. The molecule has 7 rings (SSSR count). The standard InChI is InChI=1S/C47H56N8O10S4/c1-29(31-12-14-32(15-13-31)42-30(2)49-28-67-42)50-44(59)37-23-33(56)25-55(37)45(60)43(47(3,4)5)51-39(57)26-65-21-20-64-19-18-63-17-16-54-27-48-46(52-54)68-38-24-36(34-9-6-7-10-35(34)41(38)58)53-69(61,62)40-11-8-22-66-40/h6-15,22,24,27-29,33,37,43,53,56,58H,16-21,23,25-26H2,1-5H3,(H,50,59)(H,51,57)/t29-,33+,37-,43+/m0/s1. The molecule has 0 unspecified atom stereocenters. The number of ether oxygens (including phenoxy) is 3. The number of hydrogen-bond acceptors (Lipinski definition) is 16. The van der Waals surface area contributed by atoms with Gasteiger partial charge in [0.05, 0.1) is 78.4 Å². The van der Waals surface area contributed by atoms with Crippen LogP contribution in [0.4, 0.5) is 5.69 Å². The summed E-state index contributed by atoms with van der Waals surface area (Å²) in [4.78, 5) is 52.2. The number of carbonyl (C=O) groups is 3. The molecule has 0 aliphatic carbocycles. The minimum atomic E-state index is -3.84. The van der Waals surface area contributed by atoms with E-state index in [4.69, 9.17) is 14.2 Å². The van der Waals surface area contributed by atoms with Gasteiger partial charge in [0.1, 0.15) is 35.0 Å². The molecule has 4 heterocycles. The number of aryl methyl sites for hydroxylation is 1. The van der Waals surface area contributed by atoms with Crippen molar-refractivity contribution in [3.05, 3.63) is 95.2 Å². The first-order valence-corrected chi connectivity index (χ1v) is 26.2. The molecule has 0 bridgehead atoms. The maximum Gasteiger partial charge on any atom is 0.271 e. The largest absolute Gasteiger partial charge is 0.506 e. The van der Waals surface area contributed by atoms with Gasteiger partial charge in [0.25, 0.3) is 10.0 Å². The lowest BCUT2D eigenvalue weighted by Gasteiger charge is -2.35. The first-order chi connectivity index (χ1) is 33.0. The number of β-amino-alcohol motifs (C(OH)–C–C–N with tert-alkyl or cyclic N) is 1. The summed E-state index contributed by atoms with van der Waals surface area (Å²) in [6.07, 6.45) is 0.713. The zero-order valence-electron chi connectivity index (χ0n) is 38.8. The molecule has 3 amide bonds. The number of carbonyl (C=O) groups excluding carboxylic acids is 3. The van der Waals surface area contributed by atoms with Gasteiger partial charge < -0.3 is 40.0 Å². The Morgan fingerprint density at radius 3 is 2.32 bits per heavy atom. The number of thiazole rings is 1. The fourth-order valence-corrected chi connectivity index (χ4v) is 11.3. The number of aromatic nitrogens is 4. The fraction of sp³-hybridized carbons (Fsp3) is 0.404. The van der Waals surface area contributed by atoms with Crippen LogP contribution in [0.15, 0.2) is 98.2 Å². The maximum absolute atomic E-state index is 14.0. The number of sulfonamides is 1. The van der Waals surface area contributed by atoms with Crippen LogP contribution in [0.1, 0.15) is 51.4 Å². The number of hydrogen-bond donors (Lipinski definition) is 5. The van der Waals surface area contributed by atoms with Crippen LogP contribution in [0.2, 0.25) is 0 Å². The highest BCUT2D eigenvalue weighted by atomic mass is 32.2. The summed E-state index contributed by atoms with van der Waals surface area (Å²) in [6, 6.07) is 17.3. The quantitative estimate of drug-likeness (QED) is 0.0388. The zero-order chi connectivity index (χ0) is 49.3. The molecule has 0 spiro atoms. The molecule has 0 radical (unpaired) electrons. The van der Waals surface area contributed by atoms with Gasteiger partial charge in [-0.15, -0.1) is 27.8 Å². The van der Waals surface area contributed by atoms with Crippen LogP contribution in [0, 0.1) is 12.3 Å². The monoisotopic (exact) mass is 1020 g/mol. The average molecular weight is 1020 g/mol. The van der Waals surface area contributed by atoms with E-state index in [2.05, 4.69) is 30.4 Å². The Balaban J connectivity index is 0.801. The molecular formula is C47H56N8O10S4. The molecule has 0 saturated carbocycles. The number of phenols is 1. The van der Waals surface area contributed by atoms with Crippen LogP contribution in [-0.2, 0) is 45.2 Å². The lowest BCUT2D eigenvalue weighted by Crippen LogP contribution is -2.58. The van der Waals surface area contributed by atoms with Crippen LogP contribution in [-0.4, -0.2) is 125 Å². The summed E-state index contributed by atoms with van der Waals surface area (Å²) in [7, 11) is -3.84. The van der Waals surface area contributed by atoms with Crippen molar-refractivity contribution in [2.24, 2.45) is 5.41 Å². The predicted octanol–water partition coefficient (Wildman–Crippen LogP) is 6.00. The van der Waals surface area contributed by atoms with E-state index >= 15 is 0 Å². The lowest BCUT2D eigenvalue weighted by molar-refractivity contribution is -0.144. The maximum atomic E-state index is 14.0. The van der Waals surface area contributed by atoms with Gasteiger partial charge in [-0.25, -0.2) is 23.1 Å². The first-order valence-electron chi connectivity index (χ1n) is 22.2.